The van der Waals surface area contributed by atoms with E-state index >= 15 is 0 Å². The molecule has 0 saturated heterocycles. The minimum atomic E-state index is -2.31. The molecule has 0 bridgehead atoms. The summed E-state index contributed by atoms with van der Waals surface area (Å²) < 4.78 is 23.2. The van der Waals surface area contributed by atoms with Gasteiger partial charge in [-0.3, -0.25) is 4.21 Å². The molecule has 0 fully saturated rings. The first-order valence-corrected chi connectivity index (χ1v) is 11.6. The normalized spacial score (nSPS) is 13.2. The van der Waals surface area contributed by atoms with Gasteiger partial charge in [-0.25, -0.2) is 4.79 Å². The molecule has 1 aromatic rings. The molecular weight excluding hydrogens is 386 g/mol. The first kappa shape index (κ1) is 25.3. The molecule has 6 heteroatoms. The molecule has 29 heavy (non-hydrogen) atoms. The largest absolute Gasteiger partial charge is 0.768 e. The molecule has 0 aliphatic rings. The van der Waals surface area contributed by atoms with Crippen molar-refractivity contribution in [2.45, 2.75) is 70.6 Å². The molecule has 0 saturated carbocycles. The summed E-state index contributed by atoms with van der Waals surface area (Å²) in [6.45, 7) is 7.27. The van der Waals surface area contributed by atoms with Crippen molar-refractivity contribution in [1.82, 2.24) is 5.06 Å². The number of rotatable bonds is 14. The van der Waals surface area contributed by atoms with Gasteiger partial charge >= 0.3 is 5.97 Å². The van der Waals surface area contributed by atoms with Crippen LogP contribution in [0, 0.1) is 0 Å². The van der Waals surface area contributed by atoms with Gasteiger partial charge in [-0.1, -0.05) is 69.4 Å². The monoisotopic (exact) mass is 420 g/mol. The maximum absolute atomic E-state index is 11.9. The maximum atomic E-state index is 11.9. The summed E-state index contributed by atoms with van der Waals surface area (Å²) in [7, 11) is 0. The third-order valence-corrected chi connectivity index (χ3v) is 5.38. The number of nitrogens with zero attached hydrogens (tertiary/aromatic N) is 1. The van der Waals surface area contributed by atoms with Crippen LogP contribution in [0.25, 0.3) is 5.57 Å². The number of unbranched alkanes of at least 4 members (excludes halogenated alkanes) is 5. The molecule has 0 radical (unpaired) electrons. The van der Waals surface area contributed by atoms with Crippen LogP contribution < -0.4 is 0 Å². The van der Waals surface area contributed by atoms with Crippen LogP contribution in [0.5, 0.6) is 0 Å². The van der Waals surface area contributed by atoms with Crippen molar-refractivity contribution in [3.05, 3.63) is 48.1 Å². The number of hydroxylamine groups is 2. The Labute approximate surface area is 178 Å². The molecule has 5 nitrogen and oxygen atoms in total. The molecule has 1 aromatic carbocycles. The molecule has 162 valence electrons. The molecule has 1 unspecified atom stereocenters. The predicted octanol–water partition coefficient (Wildman–Crippen LogP) is 5.41. The second-order valence-electron chi connectivity index (χ2n) is 6.82. The molecule has 0 spiro atoms. The lowest BCUT2D eigenvalue weighted by molar-refractivity contribution is -0.182. The van der Waals surface area contributed by atoms with Gasteiger partial charge in [0.1, 0.15) is 0 Å². The van der Waals surface area contributed by atoms with Crippen molar-refractivity contribution in [1.29, 1.82) is 0 Å². The average Bonchev–Trinajstić information content (AvgIpc) is 2.73. The van der Waals surface area contributed by atoms with Crippen LogP contribution in [-0.2, 0) is 20.7 Å². The van der Waals surface area contributed by atoms with Crippen molar-refractivity contribution < 1.29 is 18.4 Å². The van der Waals surface area contributed by atoms with Gasteiger partial charge in [-0.15, -0.1) is 5.06 Å². The zero-order chi connectivity index (χ0) is 21.5. The lowest BCUT2D eigenvalue weighted by Gasteiger charge is -2.16. The summed E-state index contributed by atoms with van der Waals surface area (Å²) in [5.74, 6) is -0.440. The summed E-state index contributed by atoms with van der Waals surface area (Å²) >= 11 is -2.31. The fraction of sp³-hybridized carbons (Fsp3) is 0.522. The molecule has 1 rings (SSSR count). The molecule has 0 aliphatic heterocycles. The zero-order valence-electron chi connectivity index (χ0n) is 17.9. The Hall–Kier alpha value is -1.76. The van der Waals surface area contributed by atoms with Gasteiger partial charge in [0.05, 0.1) is 0 Å². The lowest BCUT2D eigenvalue weighted by Crippen LogP contribution is -2.25. The van der Waals surface area contributed by atoms with Gasteiger partial charge in [0, 0.05) is 24.1 Å². The van der Waals surface area contributed by atoms with Crippen LogP contribution in [0.3, 0.4) is 0 Å². The number of benzene rings is 1. The topological polar surface area (TPSA) is 69.7 Å². The number of allylic oxidation sites excluding steroid dienone is 3. The van der Waals surface area contributed by atoms with Crippen molar-refractivity contribution >= 4 is 22.6 Å². The first-order chi connectivity index (χ1) is 14.0. The van der Waals surface area contributed by atoms with Crippen LogP contribution in [0.4, 0.5) is 0 Å². The van der Waals surface area contributed by atoms with E-state index in [0.717, 1.165) is 24.8 Å². The maximum Gasteiger partial charge on any atom is 0.349 e. The Kier molecular flexibility index (Phi) is 13.2. The van der Waals surface area contributed by atoms with Crippen LogP contribution in [0.2, 0.25) is 0 Å². The summed E-state index contributed by atoms with van der Waals surface area (Å²) in [6.07, 6.45) is 12.5. The molecule has 0 amide bonds. The highest BCUT2D eigenvalue weighted by molar-refractivity contribution is 7.79. The van der Waals surface area contributed by atoms with E-state index in [1.165, 1.54) is 31.8 Å². The third kappa shape index (κ3) is 10.0. The lowest BCUT2D eigenvalue weighted by atomic mass is 9.98. The smallest absolute Gasteiger partial charge is 0.349 e. The molecule has 0 N–H and O–H groups in total. The van der Waals surface area contributed by atoms with E-state index < -0.39 is 17.0 Å². The minimum Gasteiger partial charge on any atom is -0.768 e. The highest BCUT2D eigenvalue weighted by atomic mass is 32.2. The van der Waals surface area contributed by atoms with Gasteiger partial charge in [0.15, 0.2) is 0 Å². The second kappa shape index (κ2) is 15.1. The molecule has 1 atom stereocenters. The number of carbonyl (C=O) groups is 1. The third-order valence-electron chi connectivity index (χ3n) is 4.67. The van der Waals surface area contributed by atoms with Crippen LogP contribution in [0.1, 0.15) is 71.3 Å². The van der Waals surface area contributed by atoms with E-state index in [2.05, 4.69) is 6.92 Å². The summed E-state index contributed by atoms with van der Waals surface area (Å²) in [5.41, 5.74) is 1.60. The molecule has 0 aliphatic carbocycles. The van der Waals surface area contributed by atoms with Crippen molar-refractivity contribution in [2.75, 3.05) is 13.1 Å². The van der Waals surface area contributed by atoms with E-state index in [1.54, 1.807) is 23.3 Å². The van der Waals surface area contributed by atoms with E-state index in [9.17, 15) is 13.6 Å². The van der Waals surface area contributed by atoms with E-state index in [-0.39, 0.29) is 4.90 Å². The van der Waals surface area contributed by atoms with Crippen molar-refractivity contribution in [2.24, 2.45) is 0 Å². The van der Waals surface area contributed by atoms with E-state index in [4.69, 9.17) is 4.84 Å². The van der Waals surface area contributed by atoms with Gasteiger partial charge < -0.3 is 9.39 Å². The zero-order valence-corrected chi connectivity index (χ0v) is 18.7. The summed E-state index contributed by atoms with van der Waals surface area (Å²) in [6, 6.07) is 6.97. The molecule has 0 aromatic heterocycles. The van der Waals surface area contributed by atoms with E-state index in [0.29, 0.717) is 18.7 Å². The Morgan fingerprint density at radius 3 is 2.38 bits per heavy atom. The fourth-order valence-electron chi connectivity index (χ4n) is 3.03. The Balaban J connectivity index is 2.90. The first-order valence-electron chi connectivity index (χ1n) is 10.6. The Bertz CT molecular complexity index is 696. The van der Waals surface area contributed by atoms with Gasteiger partial charge in [-0.05, 0) is 55.0 Å². The van der Waals surface area contributed by atoms with Crippen LogP contribution >= 0.6 is 0 Å². The van der Waals surface area contributed by atoms with Gasteiger partial charge in [0.2, 0.25) is 0 Å². The fourth-order valence-corrected chi connectivity index (χ4v) is 3.60. The second-order valence-corrected chi connectivity index (χ2v) is 7.73. The number of hydrogen-bond acceptors (Lipinski definition) is 5. The quantitative estimate of drug-likeness (QED) is 0.132. The Morgan fingerprint density at radius 1 is 1.07 bits per heavy atom. The van der Waals surface area contributed by atoms with Crippen LogP contribution in [-0.4, -0.2) is 32.9 Å². The highest BCUT2D eigenvalue weighted by Crippen LogP contribution is 2.27. The van der Waals surface area contributed by atoms with Gasteiger partial charge in [-0.2, -0.15) is 0 Å². The SMILES string of the molecule is CCCCCCCCC(=CC=CC(=O)ON(CC)CC)c1ccccc1S(=O)[O-]. The Morgan fingerprint density at radius 2 is 1.72 bits per heavy atom. The molecule has 0 heterocycles. The number of hydrogen-bond donors (Lipinski definition) is 0. The minimum absolute atomic E-state index is 0.281. The average molecular weight is 421 g/mol. The highest BCUT2D eigenvalue weighted by Gasteiger charge is 2.08. The number of carbonyl (C=O) groups excluding carboxylic acids is 1. The molecular formula is C23H34NO4S-. The van der Waals surface area contributed by atoms with Crippen molar-refractivity contribution in [3.8, 4) is 0 Å². The summed E-state index contributed by atoms with van der Waals surface area (Å²) in [5, 5.41) is 1.57. The standard InChI is InChI=1S/C23H35NO4S/c1-4-7-8-9-10-11-15-20(21-17-12-13-18-22(21)29(26)27)16-14-19-23(25)28-24(5-2)6-3/h12-14,16-19H,4-11,15H2,1-3H3,(H,26,27)/p-1. The van der Waals surface area contributed by atoms with Crippen LogP contribution in [0.15, 0.2) is 47.4 Å². The van der Waals surface area contributed by atoms with E-state index in [1.807, 2.05) is 32.1 Å². The van der Waals surface area contributed by atoms with Crippen molar-refractivity contribution in [3.63, 3.8) is 0 Å². The predicted molar refractivity (Wildman–Crippen MR) is 118 cm³/mol. The summed E-state index contributed by atoms with van der Waals surface area (Å²) in [4.78, 5) is 17.4. The van der Waals surface area contributed by atoms with Gasteiger partial charge in [0.25, 0.3) is 0 Å².